The van der Waals surface area contributed by atoms with Gasteiger partial charge in [0.25, 0.3) is 5.91 Å². The number of likely N-dealkylation sites (tertiary alicyclic amines) is 1. The van der Waals surface area contributed by atoms with Gasteiger partial charge in [-0.05, 0) is 36.4 Å². The van der Waals surface area contributed by atoms with Gasteiger partial charge in [0.2, 0.25) is 0 Å². The molecule has 0 unspecified atom stereocenters. The fourth-order valence-electron chi connectivity index (χ4n) is 2.42. The highest BCUT2D eigenvalue weighted by Gasteiger charge is 2.21. The summed E-state index contributed by atoms with van der Waals surface area (Å²) < 4.78 is 1.99. The highest BCUT2D eigenvalue weighted by Crippen LogP contribution is 2.14. The molecule has 1 aliphatic heterocycles. The van der Waals surface area contributed by atoms with Crippen LogP contribution >= 0.6 is 0 Å². The van der Waals surface area contributed by atoms with Crippen molar-refractivity contribution in [1.29, 1.82) is 0 Å². The first-order valence-corrected chi connectivity index (χ1v) is 7.28. The molecule has 2 aromatic rings. The van der Waals surface area contributed by atoms with Gasteiger partial charge in [0.1, 0.15) is 5.78 Å². The number of benzene rings is 1. The monoisotopic (exact) mass is 296 g/mol. The third kappa shape index (κ3) is 3.52. The van der Waals surface area contributed by atoms with Gasteiger partial charge in [-0.1, -0.05) is 0 Å². The first-order valence-electron chi connectivity index (χ1n) is 7.28. The highest BCUT2D eigenvalue weighted by molar-refractivity contribution is 5.95. The van der Waals surface area contributed by atoms with E-state index in [0.717, 1.165) is 5.69 Å². The first-order chi connectivity index (χ1) is 10.7. The van der Waals surface area contributed by atoms with Gasteiger partial charge in [-0.3, -0.25) is 9.59 Å². The smallest absolute Gasteiger partial charge is 0.253 e. The van der Waals surface area contributed by atoms with Gasteiger partial charge >= 0.3 is 0 Å². The van der Waals surface area contributed by atoms with Crippen molar-refractivity contribution >= 4 is 11.7 Å². The molecule has 114 valence electrons. The first kappa shape index (κ1) is 15.8. The highest BCUT2D eigenvalue weighted by atomic mass is 16.2. The number of rotatable bonds is 2. The molecule has 1 fully saturated rings. The predicted molar refractivity (Wildman–Crippen MR) is 87.2 cm³/mol. The van der Waals surface area contributed by atoms with E-state index in [9.17, 15) is 9.59 Å². The van der Waals surface area contributed by atoms with Gasteiger partial charge in [-0.25, -0.2) is 0 Å². The number of nitrogens with zero attached hydrogens (tertiary/aromatic N) is 2. The zero-order chi connectivity index (χ0) is 15.9. The zero-order valence-corrected chi connectivity index (χ0v) is 12.6. The third-order valence-electron chi connectivity index (χ3n) is 3.63. The quantitative estimate of drug-likeness (QED) is 0.799. The van der Waals surface area contributed by atoms with E-state index < -0.39 is 0 Å². The third-order valence-corrected chi connectivity index (χ3v) is 3.63. The van der Waals surface area contributed by atoms with E-state index in [1.165, 1.54) is 0 Å². The second kappa shape index (κ2) is 7.41. The van der Waals surface area contributed by atoms with E-state index in [4.69, 9.17) is 0 Å². The number of Topliss-reactive ketones (excluding diaryl/α,β-unsaturated/α-hetero) is 1. The molecule has 1 aromatic carbocycles. The van der Waals surface area contributed by atoms with E-state index in [2.05, 4.69) is 13.2 Å². The lowest BCUT2D eigenvalue weighted by molar-refractivity contribution is -0.120. The normalized spacial score (nSPS) is 14.2. The number of ketones is 1. The second-order valence-electron chi connectivity index (χ2n) is 4.97. The Morgan fingerprint density at radius 1 is 0.955 bits per heavy atom. The molecule has 3 rings (SSSR count). The molecule has 1 saturated heterocycles. The van der Waals surface area contributed by atoms with Crippen LogP contribution in [0.25, 0.3) is 5.69 Å². The summed E-state index contributed by atoms with van der Waals surface area (Å²) in [6, 6.07) is 11.5. The zero-order valence-electron chi connectivity index (χ0n) is 12.6. The van der Waals surface area contributed by atoms with Crippen molar-refractivity contribution in [2.24, 2.45) is 0 Å². The van der Waals surface area contributed by atoms with E-state index in [-0.39, 0.29) is 11.7 Å². The molecule has 1 aromatic heterocycles. The topological polar surface area (TPSA) is 42.3 Å². The number of carbonyl (C=O) groups is 2. The number of carbonyl (C=O) groups excluding carboxylic acids is 2. The fourth-order valence-corrected chi connectivity index (χ4v) is 2.42. The Kier molecular flexibility index (Phi) is 5.31. The van der Waals surface area contributed by atoms with Crippen molar-refractivity contribution in [3.8, 4) is 5.69 Å². The minimum atomic E-state index is 0.0107. The molecule has 0 saturated carbocycles. The summed E-state index contributed by atoms with van der Waals surface area (Å²) in [5.41, 5.74) is 1.70. The molecule has 0 atom stereocenters. The molecule has 22 heavy (non-hydrogen) atoms. The van der Waals surface area contributed by atoms with E-state index in [1.807, 2.05) is 53.4 Å². The fraction of sp³-hybridized carbons (Fsp3) is 0.222. The molecule has 0 N–H and O–H groups in total. The van der Waals surface area contributed by atoms with E-state index >= 15 is 0 Å². The average Bonchev–Trinajstić information content (AvgIpc) is 3.11. The number of hydrogen-bond donors (Lipinski definition) is 0. The molecule has 4 heteroatoms. The number of piperidine rings is 1. The molecule has 0 spiro atoms. The Hall–Kier alpha value is -2.62. The largest absolute Gasteiger partial charge is 0.338 e. The maximum absolute atomic E-state index is 12.3. The van der Waals surface area contributed by atoms with Crippen LogP contribution in [0.3, 0.4) is 0 Å². The van der Waals surface area contributed by atoms with Crippen LogP contribution in [0.4, 0.5) is 0 Å². The maximum Gasteiger partial charge on any atom is 0.253 e. The maximum atomic E-state index is 12.3. The number of hydrogen-bond acceptors (Lipinski definition) is 2. The molecular formula is C18H20N2O2. The molecule has 1 aliphatic rings. The van der Waals surface area contributed by atoms with Crippen LogP contribution in [0, 0.1) is 0 Å². The van der Waals surface area contributed by atoms with Crippen LogP contribution in [0.1, 0.15) is 23.2 Å². The molecule has 4 nitrogen and oxygen atoms in total. The molecule has 0 aliphatic carbocycles. The predicted octanol–water partition coefficient (Wildman–Crippen LogP) is 3.08. The Morgan fingerprint density at radius 2 is 1.50 bits per heavy atom. The Labute approximate surface area is 130 Å². The van der Waals surface area contributed by atoms with Crippen LogP contribution < -0.4 is 0 Å². The van der Waals surface area contributed by atoms with Crippen molar-refractivity contribution in [1.82, 2.24) is 9.47 Å². The molecule has 0 radical (unpaired) electrons. The SMILES string of the molecule is C=C.O=C1CCN(C(=O)c2ccc(-n3cccc3)cc2)CC1. The summed E-state index contributed by atoms with van der Waals surface area (Å²) in [5, 5.41) is 0. The van der Waals surface area contributed by atoms with Crippen molar-refractivity contribution in [3.63, 3.8) is 0 Å². The summed E-state index contributed by atoms with van der Waals surface area (Å²) in [6.45, 7) is 7.08. The standard InChI is InChI=1S/C16H16N2O2.C2H4/c19-15-7-11-18(12-8-15)16(20)13-3-5-14(6-4-13)17-9-1-2-10-17;1-2/h1-6,9-10H,7-8,11-12H2;1-2H2. The number of amides is 1. The van der Waals surface area contributed by atoms with E-state index in [1.54, 1.807) is 4.90 Å². The van der Waals surface area contributed by atoms with Gasteiger partial charge in [-0.15, -0.1) is 13.2 Å². The van der Waals surface area contributed by atoms with Crippen molar-refractivity contribution in [3.05, 3.63) is 67.5 Å². The minimum absolute atomic E-state index is 0.0107. The Balaban J connectivity index is 0.000000847. The minimum Gasteiger partial charge on any atom is -0.338 e. The number of aromatic nitrogens is 1. The van der Waals surface area contributed by atoms with Crippen LogP contribution in [0.2, 0.25) is 0 Å². The van der Waals surface area contributed by atoms with Crippen LogP contribution in [-0.2, 0) is 4.79 Å². The van der Waals surface area contributed by atoms with Crippen molar-refractivity contribution in [2.45, 2.75) is 12.8 Å². The van der Waals surface area contributed by atoms with Crippen LogP contribution in [0.5, 0.6) is 0 Å². The van der Waals surface area contributed by atoms with Gasteiger partial charge in [0.15, 0.2) is 0 Å². The van der Waals surface area contributed by atoms with Gasteiger partial charge in [-0.2, -0.15) is 0 Å². The molecular weight excluding hydrogens is 276 g/mol. The Bertz CT molecular complexity index is 620. The Morgan fingerprint density at radius 3 is 2.05 bits per heavy atom. The van der Waals surface area contributed by atoms with E-state index in [0.29, 0.717) is 31.5 Å². The lowest BCUT2D eigenvalue weighted by atomic mass is 10.1. The van der Waals surface area contributed by atoms with Gasteiger partial charge in [0.05, 0.1) is 0 Å². The van der Waals surface area contributed by atoms with Gasteiger partial charge < -0.3 is 9.47 Å². The van der Waals surface area contributed by atoms with Crippen molar-refractivity contribution in [2.75, 3.05) is 13.1 Å². The summed E-state index contributed by atoms with van der Waals surface area (Å²) >= 11 is 0. The summed E-state index contributed by atoms with van der Waals surface area (Å²) in [7, 11) is 0. The summed E-state index contributed by atoms with van der Waals surface area (Å²) in [4.78, 5) is 25.3. The molecule has 2 heterocycles. The average molecular weight is 296 g/mol. The lowest BCUT2D eigenvalue weighted by Crippen LogP contribution is -2.38. The molecule has 0 bridgehead atoms. The van der Waals surface area contributed by atoms with Gasteiger partial charge in [0, 0.05) is 49.6 Å². The summed E-state index contributed by atoms with van der Waals surface area (Å²) in [5.74, 6) is 0.258. The second-order valence-corrected chi connectivity index (χ2v) is 4.97. The van der Waals surface area contributed by atoms with Crippen LogP contribution in [-0.4, -0.2) is 34.2 Å². The molecule has 1 amide bonds. The van der Waals surface area contributed by atoms with Crippen LogP contribution in [0.15, 0.2) is 61.9 Å². The lowest BCUT2D eigenvalue weighted by Gasteiger charge is -2.26. The summed E-state index contributed by atoms with van der Waals surface area (Å²) in [6.07, 6.45) is 4.89. The van der Waals surface area contributed by atoms with Crippen molar-refractivity contribution < 1.29 is 9.59 Å².